The van der Waals surface area contributed by atoms with Crippen LogP contribution in [0.4, 0.5) is 4.39 Å². The Morgan fingerprint density at radius 3 is 2.63 bits per heavy atom. The molecule has 3 aromatic rings. The third-order valence-corrected chi connectivity index (χ3v) is 7.17. The van der Waals surface area contributed by atoms with Gasteiger partial charge in [-0.3, -0.25) is 9.20 Å². The zero-order valence-electron chi connectivity index (χ0n) is 17.9. The molecule has 0 amide bonds. The van der Waals surface area contributed by atoms with Gasteiger partial charge in [0.25, 0.3) is 5.56 Å². The maximum Gasteiger partial charge on any atom is 0.261 e. The number of aryl methyl sites for hydroxylation is 3. The van der Waals surface area contributed by atoms with Gasteiger partial charge >= 0.3 is 0 Å². The molecule has 3 unspecified atom stereocenters. The minimum Gasteiger partial charge on any atom is -0.302 e. The van der Waals surface area contributed by atoms with Crippen LogP contribution in [0.15, 0.2) is 41.2 Å². The van der Waals surface area contributed by atoms with Crippen LogP contribution in [0.3, 0.4) is 0 Å². The highest BCUT2D eigenvalue weighted by molar-refractivity contribution is 5.45. The predicted octanol–water partition coefficient (Wildman–Crippen LogP) is 4.04. The van der Waals surface area contributed by atoms with Gasteiger partial charge < -0.3 is 4.90 Å². The van der Waals surface area contributed by atoms with Crippen molar-refractivity contribution in [1.82, 2.24) is 14.3 Å². The van der Waals surface area contributed by atoms with Crippen molar-refractivity contribution in [3.63, 3.8) is 0 Å². The maximum atomic E-state index is 13.2. The number of pyridine rings is 1. The molecule has 1 aromatic carbocycles. The van der Waals surface area contributed by atoms with E-state index in [0.29, 0.717) is 11.8 Å². The SMILES string of the molecule is Cc1cc(C)n2c(=O)c(CCN3CC4CC(c5ccc(F)cc5)C4C3)c(C)nc2c1. The van der Waals surface area contributed by atoms with Crippen molar-refractivity contribution in [2.24, 2.45) is 11.8 Å². The molecule has 3 atom stereocenters. The first-order valence-electron chi connectivity index (χ1n) is 10.9. The molecule has 156 valence electrons. The molecule has 5 rings (SSSR count). The number of rotatable bonds is 4. The van der Waals surface area contributed by atoms with Gasteiger partial charge in [0.15, 0.2) is 0 Å². The fraction of sp³-hybridized carbons (Fsp3) is 0.440. The summed E-state index contributed by atoms with van der Waals surface area (Å²) in [5, 5.41) is 0. The highest BCUT2D eigenvalue weighted by Crippen LogP contribution is 2.51. The van der Waals surface area contributed by atoms with E-state index in [9.17, 15) is 9.18 Å². The van der Waals surface area contributed by atoms with E-state index in [1.54, 1.807) is 16.5 Å². The monoisotopic (exact) mass is 405 g/mol. The number of likely N-dealkylation sites (tertiary alicyclic amines) is 1. The van der Waals surface area contributed by atoms with Gasteiger partial charge in [0.05, 0.1) is 0 Å². The number of hydrogen-bond donors (Lipinski definition) is 0. The number of nitrogens with zero attached hydrogens (tertiary/aromatic N) is 3. The Morgan fingerprint density at radius 1 is 1.10 bits per heavy atom. The van der Waals surface area contributed by atoms with E-state index in [1.165, 1.54) is 12.0 Å². The lowest BCUT2D eigenvalue weighted by molar-refractivity contribution is 0.191. The molecule has 1 aliphatic heterocycles. The molecule has 2 aliphatic rings. The molecule has 4 nitrogen and oxygen atoms in total. The Labute approximate surface area is 176 Å². The number of benzene rings is 1. The van der Waals surface area contributed by atoms with Gasteiger partial charge in [0.1, 0.15) is 11.5 Å². The van der Waals surface area contributed by atoms with Gasteiger partial charge in [-0.05, 0) is 86.8 Å². The molecule has 0 N–H and O–H groups in total. The van der Waals surface area contributed by atoms with Crippen molar-refractivity contribution >= 4 is 5.65 Å². The molecule has 1 saturated heterocycles. The zero-order valence-corrected chi connectivity index (χ0v) is 17.9. The second-order valence-corrected chi connectivity index (χ2v) is 9.18. The fourth-order valence-electron chi connectivity index (χ4n) is 5.59. The molecule has 1 saturated carbocycles. The van der Waals surface area contributed by atoms with Gasteiger partial charge in [-0.25, -0.2) is 9.37 Å². The smallest absolute Gasteiger partial charge is 0.261 e. The lowest BCUT2D eigenvalue weighted by Gasteiger charge is -2.40. The summed E-state index contributed by atoms with van der Waals surface area (Å²) in [6.07, 6.45) is 1.92. The van der Waals surface area contributed by atoms with Gasteiger partial charge in [-0.1, -0.05) is 12.1 Å². The van der Waals surface area contributed by atoms with Crippen LogP contribution in [0.2, 0.25) is 0 Å². The maximum absolute atomic E-state index is 13.2. The number of halogens is 1. The van der Waals surface area contributed by atoms with Crippen LogP contribution in [0.1, 0.15) is 40.4 Å². The highest BCUT2D eigenvalue weighted by Gasteiger charge is 2.47. The van der Waals surface area contributed by atoms with Crippen LogP contribution in [-0.2, 0) is 6.42 Å². The van der Waals surface area contributed by atoms with Crippen molar-refractivity contribution in [2.45, 2.75) is 39.5 Å². The summed E-state index contributed by atoms with van der Waals surface area (Å²) < 4.78 is 15.0. The Hall–Kier alpha value is -2.53. The Morgan fingerprint density at radius 2 is 1.87 bits per heavy atom. The summed E-state index contributed by atoms with van der Waals surface area (Å²) in [5.74, 6) is 1.75. The van der Waals surface area contributed by atoms with E-state index in [-0.39, 0.29) is 11.4 Å². The molecule has 0 spiro atoms. The topological polar surface area (TPSA) is 37.6 Å². The molecular formula is C25H28FN3O. The summed E-state index contributed by atoms with van der Waals surface area (Å²) in [4.78, 5) is 20.4. The van der Waals surface area contributed by atoms with E-state index in [2.05, 4.69) is 4.90 Å². The normalized spacial score (nSPS) is 23.5. The minimum atomic E-state index is -0.168. The van der Waals surface area contributed by atoms with Crippen molar-refractivity contribution in [2.75, 3.05) is 19.6 Å². The molecular weight excluding hydrogens is 377 g/mol. The summed E-state index contributed by atoms with van der Waals surface area (Å²) in [7, 11) is 0. The van der Waals surface area contributed by atoms with E-state index in [1.807, 2.05) is 45.0 Å². The third kappa shape index (κ3) is 3.25. The molecule has 1 aliphatic carbocycles. The summed E-state index contributed by atoms with van der Waals surface area (Å²) in [6, 6.07) is 11.0. The molecule has 30 heavy (non-hydrogen) atoms. The first-order chi connectivity index (χ1) is 14.4. The van der Waals surface area contributed by atoms with E-state index >= 15 is 0 Å². The van der Waals surface area contributed by atoms with E-state index in [0.717, 1.165) is 60.1 Å². The number of aromatic nitrogens is 2. The van der Waals surface area contributed by atoms with Crippen LogP contribution in [0.25, 0.3) is 5.65 Å². The largest absolute Gasteiger partial charge is 0.302 e. The van der Waals surface area contributed by atoms with Crippen LogP contribution >= 0.6 is 0 Å². The predicted molar refractivity (Wildman–Crippen MR) is 117 cm³/mol. The Kier molecular flexibility index (Phi) is 4.73. The van der Waals surface area contributed by atoms with Crippen molar-refractivity contribution in [1.29, 1.82) is 0 Å². The minimum absolute atomic E-state index is 0.0707. The van der Waals surface area contributed by atoms with Crippen molar-refractivity contribution < 1.29 is 4.39 Å². The zero-order chi connectivity index (χ0) is 21.0. The molecule has 0 radical (unpaired) electrons. The lowest BCUT2D eigenvalue weighted by Crippen LogP contribution is -2.33. The number of fused-ring (bicyclic) bond motifs is 2. The summed E-state index contributed by atoms with van der Waals surface area (Å²) >= 11 is 0. The molecule has 2 fully saturated rings. The van der Waals surface area contributed by atoms with Crippen LogP contribution in [-0.4, -0.2) is 33.9 Å². The van der Waals surface area contributed by atoms with Crippen LogP contribution in [0.5, 0.6) is 0 Å². The summed E-state index contributed by atoms with van der Waals surface area (Å²) in [6.45, 7) is 9.00. The Bertz CT molecular complexity index is 1170. The van der Waals surface area contributed by atoms with Crippen molar-refractivity contribution in [3.05, 3.63) is 80.6 Å². The number of hydrogen-bond acceptors (Lipinski definition) is 3. The average molecular weight is 406 g/mol. The molecule has 3 heterocycles. The highest BCUT2D eigenvalue weighted by atomic mass is 19.1. The van der Waals surface area contributed by atoms with Crippen LogP contribution in [0, 0.1) is 38.4 Å². The fourth-order valence-corrected chi connectivity index (χ4v) is 5.59. The van der Waals surface area contributed by atoms with E-state index in [4.69, 9.17) is 4.98 Å². The Balaban J connectivity index is 1.30. The summed E-state index contributed by atoms with van der Waals surface area (Å²) in [5.41, 5.74) is 5.80. The first-order valence-corrected chi connectivity index (χ1v) is 10.9. The second kappa shape index (κ2) is 7.31. The molecule has 2 aromatic heterocycles. The second-order valence-electron chi connectivity index (χ2n) is 9.18. The van der Waals surface area contributed by atoms with Gasteiger partial charge in [0, 0.05) is 36.6 Å². The molecule has 0 bridgehead atoms. The lowest BCUT2D eigenvalue weighted by atomic mass is 9.64. The first kappa shape index (κ1) is 19.4. The van der Waals surface area contributed by atoms with Crippen LogP contribution < -0.4 is 5.56 Å². The van der Waals surface area contributed by atoms with Gasteiger partial charge in [-0.2, -0.15) is 0 Å². The van der Waals surface area contributed by atoms with Gasteiger partial charge in [-0.15, -0.1) is 0 Å². The van der Waals surface area contributed by atoms with Crippen molar-refractivity contribution in [3.8, 4) is 0 Å². The molecule has 5 heteroatoms. The quantitative estimate of drug-likeness (QED) is 0.658. The average Bonchev–Trinajstić information content (AvgIpc) is 2.98. The standard InChI is InChI=1S/C25H28FN3O/c1-15-10-16(2)29-24(11-15)27-17(3)21(25(29)30)8-9-28-13-19-12-22(23(19)14-28)18-4-6-20(26)7-5-18/h4-7,10-11,19,22-23H,8-9,12-14H2,1-3H3. The third-order valence-electron chi connectivity index (χ3n) is 7.17. The van der Waals surface area contributed by atoms with E-state index < -0.39 is 0 Å². The van der Waals surface area contributed by atoms with Gasteiger partial charge in [0.2, 0.25) is 0 Å².